The Labute approximate surface area is 90.1 Å². The summed E-state index contributed by atoms with van der Waals surface area (Å²) in [6, 6.07) is 0.705. The van der Waals surface area contributed by atoms with Crippen molar-refractivity contribution in [1.82, 2.24) is 10.2 Å². The first-order valence-corrected chi connectivity index (χ1v) is 5.85. The van der Waals surface area contributed by atoms with Crippen LogP contribution >= 0.6 is 0 Å². The molecular formula is C12H28N2. The molecule has 0 rings (SSSR count). The molecule has 0 aromatic carbocycles. The maximum Gasteiger partial charge on any atom is 0.00644 e. The van der Waals surface area contributed by atoms with Crippen LogP contribution in [-0.2, 0) is 0 Å². The molecule has 0 aliphatic rings. The van der Waals surface area contributed by atoms with Gasteiger partial charge in [0.2, 0.25) is 0 Å². The van der Waals surface area contributed by atoms with Crippen LogP contribution in [0, 0.1) is 5.41 Å². The molecular weight excluding hydrogens is 172 g/mol. The van der Waals surface area contributed by atoms with Crippen LogP contribution in [0.15, 0.2) is 0 Å². The maximum atomic E-state index is 3.27. The molecule has 1 unspecified atom stereocenters. The molecule has 86 valence electrons. The zero-order valence-corrected chi connectivity index (χ0v) is 10.9. The second-order valence-corrected chi connectivity index (χ2v) is 5.01. The van der Waals surface area contributed by atoms with Crippen LogP contribution in [0.1, 0.15) is 41.0 Å². The van der Waals surface area contributed by atoms with E-state index in [4.69, 9.17) is 0 Å². The standard InChI is InChI=1S/C12H28N2/c1-7-11(3)14(8-2)10-12(4,5)9-13-6/h11,13H,7-10H2,1-6H3. The molecule has 14 heavy (non-hydrogen) atoms. The van der Waals surface area contributed by atoms with Crippen LogP contribution < -0.4 is 5.32 Å². The zero-order chi connectivity index (χ0) is 11.2. The van der Waals surface area contributed by atoms with Crippen LogP contribution in [0.25, 0.3) is 0 Å². The van der Waals surface area contributed by atoms with Gasteiger partial charge in [-0.25, -0.2) is 0 Å². The second-order valence-electron chi connectivity index (χ2n) is 5.01. The van der Waals surface area contributed by atoms with Gasteiger partial charge in [0, 0.05) is 19.1 Å². The van der Waals surface area contributed by atoms with Crippen LogP contribution in [-0.4, -0.2) is 37.6 Å². The van der Waals surface area contributed by atoms with Gasteiger partial charge >= 0.3 is 0 Å². The summed E-state index contributed by atoms with van der Waals surface area (Å²) in [6.45, 7) is 14.9. The number of hydrogen-bond donors (Lipinski definition) is 1. The summed E-state index contributed by atoms with van der Waals surface area (Å²) < 4.78 is 0. The van der Waals surface area contributed by atoms with Crippen LogP contribution in [0.5, 0.6) is 0 Å². The molecule has 2 nitrogen and oxygen atoms in total. The van der Waals surface area contributed by atoms with Gasteiger partial charge in [-0.15, -0.1) is 0 Å². The summed E-state index contributed by atoms with van der Waals surface area (Å²) in [5.41, 5.74) is 0.369. The third kappa shape index (κ3) is 4.97. The Kier molecular flexibility index (Phi) is 6.38. The molecule has 0 fully saturated rings. The minimum Gasteiger partial charge on any atom is -0.319 e. The highest BCUT2D eigenvalue weighted by Gasteiger charge is 2.22. The lowest BCUT2D eigenvalue weighted by Crippen LogP contribution is -2.43. The van der Waals surface area contributed by atoms with Crippen molar-refractivity contribution in [2.75, 3.05) is 26.7 Å². The smallest absolute Gasteiger partial charge is 0.00644 e. The highest BCUT2D eigenvalue weighted by Crippen LogP contribution is 2.17. The van der Waals surface area contributed by atoms with Crippen LogP contribution in [0.3, 0.4) is 0 Å². The summed E-state index contributed by atoms with van der Waals surface area (Å²) >= 11 is 0. The molecule has 0 aliphatic carbocycles. The predicted octanol–water partition coefficient (Wildman–Crippen LogP) is 2.35. The SMILES string of the molecule is CCC(C)N(CC)CC(C)(C)CNC. The van der Waals surface area contributed by atoms with E-state index in [2.05, 4.69) is 44.8 Å². The van der Waals surface area contributed by atoms with Gasteiger partial charge in [0.1, 0.15) is 0 Å². The molecule has 2 heteroatoms. The van der Waals surface area contributed by atoms with E-state index in [0.29, 0.717) is 11.5 Å². The Morgan fingerprint density at radius 1 is 1.29 bits per heavy atom. The van der Waals surface area contributed by atoms with Gasteiger partial charge < -0.3 is 10.2 Å². The molecule has 0 bridgehead atoms. The molecule has 1 N–H and O–H groups in total. The first-order chi connectivity index (χ1) is 6.46. The van der Waals surface area contributed by atoms with Crippen molar-refractivity contribution < 1.29 is 0 Å². The molecule has 1 atom stereocenters. The average molecular weight is 200 g/mol. The molecule has 0 amide bonds. The van der Waals surface area contributed by atoms with E-state index in [-0.39, 0.29) is 0 Å². The maximum absolute atomic E-state index is 3.27. The van der Waals surface area contributed by atoms with Crippen molar-refractivity contribution in [3.8, 4) is 0 Å². The van der Waals surface area contributed by atoms with Gasteiger partial charge in [-0.3, -0.25) is 0 Å². The third-order valence-corrected chi connectivity index (χ3v) is 2.91. The normalized spacial score (nSPS) is 14.8. The number of rotatable bonds is 7. The van der Waals surface area contributed by atoms with E-state index in [1.165, 1.54) is 13.0 Å². The van der Waals surface area contributed by atoms with E-state index in [0.717, 1.165) is 13.1 Å². The summed E-state index contributed by atoms with van der Waals surface area (Å²) in [6.07, 6.45) is 1.24. The predicted molar refractivity (Wildman–Crippen MR) is 64.7 cm³/mol. The van der Waals surface area contributed by atoms with Crippen molar-refractivity contribution >= 4 is 0 Å². The Bertz CT molecular complexity index is 143. The number of nitrogens with one attached hydrogen (secondary N) is 1. The molecule has 0 aromatic heterocycles. The van der Waals surface area contributed by atoms with E-state index in [1.54, 1.807) is 0 Å². The monoisotopic (exact) mass is 200 g/mol. The second kappa shape index (κ2) is 6.41. The van der Waals surface area contributed by atoms with E-state index >= 15 is 0 Å². The fourth-order valence-electron chi connectivity index (χ4n) is 1.92. The lowest BCUT2D eigenvalue weighted by Gasteiger charge is -2.35. The lowest BCUT2D eigenvalue weighted by molar-refractivity contribution is 0.140. The minimum absolute atomic E-state index is 0.369. The Hall–Kier alpha value is -0.0800. The van der Waals surface area contributed by atoms with Crippen LogP contribution in [0.4, 0.5) is 0 Å². The molecule has 0 saturated carbocycles. The number of hydrogen-bond acceptors (Lipinski definition) is 2. The quantitative estimate of drug-likeness (QED) is 0.678. The highest BCUT2D eigenvalue weighted by atomic mass is 15.2. The van der Waals surface area contributed by atoms with Gasteiger partial charge in [-0.2, -0.15) is 0 Å². The van der Waals surface area contributed by atoms with Gasteiger partial charge in [-0.1, -0.05) is 27.7 Å². The molecule has 0 spiro atoms. The van der Waals surface area contributed by atoms with Crippen molar-refractivity contribution in [2.24, 2.45) is 5.41 Å². The fraction of sp³-hybridized carbons (Fsp3) is 1.00. The Morgan fingerprint density at radius 3 is 2.21 bits per heavy atom. The third-order valence-electron chi connectivity index (χ3n) is 2.91. The van der Waals surface area contributed by atoms with E-state index in [1.807, 2.05) is 7.05 Å². The Morgan fingerprint density at radius 2 is 1.86 bits per heavy atom. The summed E-state index contributed by atoms with van der Waals surface area (Å²) in [5.74, 6) is 0. The molecule has 0 radical (unpaired) electrons. The molecule has 0 heterocycles. The van der Waals surface area contributed by atoms with Gasteiger partial charge in [-0.05, 0) is 32.4 Å². The van der Waals surface area contributed by atoms with Crippen molar-refractivity contribution in [3.63, 3.8) is 0 Å². The first kappa shape index (κ1) is 13.9. The van der Waals surface area contributed by atoms with Gasteiger partial charge in [0.15, 0.2) is 0 Å². The van der Waals surface area contributed by atoms with Crippen molar-refractivity contribution in [2.45, 2.75) is 47.1 Å². The van der Waals surface area contributed by atoms with Gasteiger partial charge in [0.25, 0.3) is 0 Å². The highest BCUT2D eigenvalue weighted by molar-refractivity contribution is 4.77. The zero-order valence-electron chi connectivity index (χ0n) is 10.9. The van der Waals surface area contributed by atoms with Crippen LogP contribution in [0.2, 0.25) is 0 Å². The number of nitrogens with zero attached hydrogens (tertiary/aromatic N) is 1. The summed E-state index contributed by atoms with van der Waals surface area (Å²) in [7, 11) is 2.03. The van der Waals surface area contributed by atoms with E-state index in [9.17, 15) is 0 Å². The molecule has 0 saturated heterocycles. The minimum atomic E-state index is 0.369. The topological polar surface area (TPSA) is 15.3 Å². The largest absolute Gasteiger partial charge is 0.319 e. The fourth-order valence-corrected chi connectivity index (χ4v) is 1.92. The average Bonchev–Trinajstić information content (AvgIpc) is 2.13. The van der Waals surface area contributed by atoms with Gasteiger partial charge in [0.05, 0.1) is 0 Å². The van der Waals surface area contributed by atoms with Crippen molar-refractivity contribution in [3.05, 3.63) is 0 Å². The summed E-state index contributed by atoms with van der Waals surface area (Å²) in [4.78, 5) is 2.57. The lowest BCUT2D eigenvalue weighted by atomic mass is 9.92. The first-order valence-electron chi connectivity index (χ1n) is 5.85. The van der Waals surface area contributed by atoms with E-state index < -0.39 is 0 Å². The molecule has 0 aliphatic heterocycles. The Balaban J connectivity index is 4.15. The van der Waals surface area contributed by atoms with Crippen molar-refractivity contribution in [1.29, 1.82) is 0 Å². The summed E-state index contributed by atoms with van der Waals surface area (Å²) in [5, 5.41) is 3.27. The molecule has 0 aromatic rings.